The van der Waals surface area contributed by atoms with Crippen LogP contribution in [0.2, 0.25) is 0 Å². The first-order valence-corrected chi connectivity index (χ1v) is 30.1. The molecule has 1 aromatic rings. The number of amides is 10. The van der Waals surface area contributed by atoms with Crippen LogP contribution in [0.5, 0.6) is 0 Å². The van der Waals surface area contributed by atoms with Gasteiger partial charge in [-0.1, -0.05) is 19.4 Å². The number of aromatic nitrogens is 2. The van der Waals surface area contributed by atoms with Crippen molar-refractivity contribution in [3.8, 4) is 0 Å². The van der Waals surface area contributed by atoms with Crippen molar-refractivity contribution in [1.29, 1.82) is 0 Å². The number of nitrogens with two attached hydrogens (primary N) is 9. The van der Waals surface area contributed by atoms with Crippen molar-refractivity contribution >= 4 is 65.0 Å². The Morgan fingerprint density at radius 3 is 1.87 bits per heavy atom. The van der Waals surface area contributed by atoms with Gasteiger partial charge in [-0.2, -0.15) is 0 Å². The topological polar surface area (TPSA) is 578 Å². The van der Waals surface area contributed by atoms with Crippen molar-refractivity contribution in [3.05, 3.63) is 30.0 Å². The molecule has 2 heterocycles. The molecule has 0 aromatic carbocycles. The van der Waals surface area contributed by atoms with E-state index >= 15 is 0 Å². The summed E-state index contributed by atoms with van der Waals surface area (Å²) in [4.78, 5) is 150. The zero-order valence-corrected chi connectivity index (χ0v) is 50.3. The Morgan fingerprint density at radius 2 is 1.28 bits per heavy atom. The predicted molar refractivity (Wildman–Crippen MR) is 325 cm³/mol. The van der Waals surface area contributed by atoms with Gasteiger partial charge >= 0.3 is 0 Å². The predicted octanol–water partition coefficient (Wildman–Crippen LogP) is -7.33. The number of unbranched alkanes of at least 4 members (excludes halogenated alkanes) is 4. The number of imidazole rings is 1. The fourth-order valence-corrected chi connectivity index (χ4v) is 9.16. The lowest BCUT2D eigenvalue weighted by atomic mass is 10.0. The molecule has 1 aromatic heterocycles. The normalized spacial score (nSPS) is 15.9. The number of H-pyrrole nitrogens is 1. The molecule has 0 spiro atoms. The van der Waals surface area contributed by atoms with Crippen LogP contribution in [0, 0.1) is 0 Å². The van der Waals surface area contributed by atoms with Crippen LogP contribution in [0.3, 0.4) is 0 Å². The molecule has 1 aliphatic rings. The number of guanidine groups is 1. The first kappa shape index (κ1) is 75.7. The number of aliphatic imine (C=N–C) groups is 1. The van der Waals surface area contributed by atoms with Gasteiger partial charge in [-0.25, -0.2) is 4.98 Å². The number of hydrogen-bond acceptors (Lipinski definition) is 20. The smallest absolute Gasteiger partial charge is 0.268 e. The third kappa shape index (κ3) is 28.8. The second kappa shape index (κ2) is 43.3. The third-order valence-electron chi connectivity index (χ3n) is 14.1. The van der Waals surface area contributed by atoms with Crippen LogP contribution in [-0.2, 0) is 54.4 Å². The Balaban J connectivity index is 2.35. The van der Waals surface area contributed by atoms with E-state index in [0.717, 1.165) is 0 Å². The van der Waals surface area contributed by atoms with E-state index in [4.69, 9.17) is 51.6 Å². The quantitative estimate of drug-likeness (QED) is 0.0125. The van der Waals surface area contributed by atoms with Gasteiger partial charge in [0, 0.05) is 44.5 Å². The number of carbonyl (C=O) groups excluding carboxylic acids is 10. The van der Waals surface area contributed by atoms with E-state index in [2.05, 4.69) is 62.8 Å². The second-order valence-electron chi connectivity index (χ2n) is 21.1. The molecule has 33 nitrogen and oxygen atoms in total. The minimum absolute atomic E-state index is 0.0159. The first-order chi connectivity index (χ1) is 41.7. The molecule has 0 bridgehead atoms. The molecule has 0 radical (unpaired) electrons. The van der Waals surface area contributed by atoms with Crippen LogP contribution < -0.4 is 99.5 Å². The number of carbonyl (C=O) groups is 10. The van der Waals surface area contributed by atoms with E-state index in [9.17, 15) is 53.1 Å². The SMILES string of the molecule is CCC(NC(=O)[C@@H](NC(=O)C(N)CCCCN)[C@@H](O)CN)C(=O)NCC(=O)N[C@H](CCCN)C(=O)N1CCC[C@H]1C(=O)NC(Cc1cnc[nH]1)C(=O)N[C@@H](CCCCN)C(=O)N/C(=C\CCN=C(N)N)C(=O)N[C@@H](CCCCN)C(=O)NCCCCN. The van der Waals surface area contributed by atoms with Crippen molar-refractivity contribution < 1.29 is 53.1 Å². The second-order valence-corrected chi connectivity index (χ2v) is 21.1. The molecule has 29 N–H and O–H groups in total. The Morgan fingerprint density at radius 1 is 0.678 bits per heavy atom. The minimum atomic E-state index is -1.57. The maximum Gasteiger partial charge on any atom is 0.268 e. The fraction of sp³-hybridized carbons (Fsp3) is 0.704. The van der Waals surface area contributed by atoms with Gasteiger partial charge in [0.15, 0.2) is 5.96 Å². The molecule has 0 aliphatic carbocycles. The summed E-state index contributed by atoms with van der Waals surface area (Å²) < 4.78 is 0. The molecule has 9 atom stereocenters. The monoisotopic (exact) mass is 1230 g/mol. The standard InChI is InChI=1S/C54H100N22O11/c1-2-35(70-52(86)44(42(77)29-60)75-45(79)34(61)14-3-6-20-55)46(80)67-31-43(78)69-39(17-11-24-59)53(87)76-27-13-19-41(76)51(85)74-40(28-33-30-64-32-68-33)50(84)73-37(16-5-8-22-57)48(82)72-38(18-12-26-66-54(62)63)49(83)71-36(15-4-7-21-56)47(81)65-25-10-9-23-58/h18,30,32,34-37,39-42,44,77H,2-17,19-29,31,55-61H2,1H3,(H,64,68)(H,65,81)(H,67,80)(H,69,78)(H,70,86)(H,71,83)(H,72,82)(H,73,84)(H,74,85)(H,75,79)(H4,62,63,66)/b38-18-/t34?,35?,36-,37-,39+,40?,41-,42-,44-/m0/s1. The van der Waals surface area contributed by atoms with Gasteiger partial charge in [-0.3, -0.25) is 52.9 Å². The summed E-state index contributed by atoms with van der Waals surface area (Å²) in [7, 11) is 0. The van der Waals surface area contributed by atoms with Crippen LogP contribution in [-0.4, -0.2) is 205 Å². The van der Waals surface area contributed by atoms with Crippen molar-refractivity contribution in [2.45, 2.75) is 177 Å². The molecular weight excluding hydrogens is 1130 g/mol. The van der Waals surface area contributed by atoms with Gasteiger partial charge in [-0.15, -0.1) is 0 Å². The molecule has 33 heteroatoms. The van der Waals surface area contributed by atoms with Crippen LogP contribution in [0.25, 0.3) is 0 Å². The molecule has 1 aliphatic heterocycles. The van der Waals surface area contributed by atoms with Gasteiger partial charge in [0.25, 0.3) is 5.91 Å². The summed E-state index contributed by atoms with van der Waals surface area (Å²) in [6.07, 6.45) is 8.24. The highest BCUT2D eigenvalue weighted by Gasteiger charge is 2.40. The Bertz CT molecular complexity index is 2360. The highest BCUT2D eigenvalue weighted by molar-refractivity contribution is 6.02. The molecule has 3 unspecified atom stereocenters. The van der Waals surface area contributed by atoms with Crippen LogP contribution in [0.15, 0.2) is 29.3 Å². The maximum absolute atomic E-state index is 14.5. The molecule has 0 saturated carbocycles. The number of nitrogens with zero attached hydrogens (tertiary/aromatic N) is 3. The number of nitrogens with one attached hydrogen (secondary N) is 10. The largest absolute Gasteiger partial charge is 0.389 e. The summed E-state index contributed by atoms with van der Waals surface area (Å²) in [6.45, 7) is 2.50. The van der Waals surface area contributed by atoms with E-state index < -0.39 is 127 Å². The van der Waals surface area contributed by atoms with Crippen molar-refractivity contribution in [3.63, 3.8) is 0 Å². The summed E-state index contributed by atoms with van der Waals surface area (Å²) in [5, 5.41) is 34.1. The summed E-state index contributed by atoms with van der Waals surface area (Å²) in [6, 6.07) is -9.91. The summed E-state index contributed by atoms with van der Waals surface area (Å²) in [5.74, 6) is -7.75. The van der Waals surface area contributed by atoms with E-state index in [0.29, 0.717) is 89.7 Å². The van der Waals surface area contributed by atoms with E-state index in [1.807, 2.05) is 0 Å². The number of rotatable bonds is 45. The lowest BCUT2D eigenvalue weighted by Gasteiger charge is -2.30. The van der Waals surface area contributed by atoms with Crippen LogP contribution in [0.4, 0.5) is 0 Å². The number of aliphatic hydroxyl groups excluding tert-OH is 1. The number of aromatic amines is 1. The van der Waals surface area contributed by atoms with Crippen molar-refractivity contribution in [1.82, 2.24) is 62.7 Å². The Kier molecular flexibility index (Phi) is 37.6. The van der Waals surface area contributed by atoms with E-state index in [-0.39, 0.29) is 95.6 Å². The average Bonchev–Trinajstić information content (AvgIpc) is 3.19. The highest BCUT2D eigenvalue weighted by atomic mass is 16.3. The number of hydrogen-bond donors (Lipinski definition) is 20. The Labute approximate surface area is 508 Å². The molecule has 492 valence electrons. The van der Waals surface area contributed by atoms with Crippen LogP contribution in [0.1, 0.15) is 122 Å². The zero-order valence-electron chi connectivity index (χ0n) is 50.3. The number of aliphatic hydroxyl groups is 1. The van der Waals surface area contributed by atoms with Gasteiger partial charge in [0.2, 0.25) is 53.2 Å². The summed E-state index contributed by atoms with van der Waals surface area (Å²) in [5.41, 5.74) is 51.3. The Hall–Kier alpha value is -7.40. The van der Waals surface area contributed by atoms with Gasteiger partial charge in [-0.05, 0) is 135 Å². The highest BCUT2D eigenvalue weighted by Crippen LogP contribution is 2.21. The van der Waals surface area contributed by atoms with Crippen LogP contribution >= 0.6 is 0 Å². The number of likely N-dealkylation sites (tertiary alicyclic amines) is 1. The molecule has 2 rings (SSSR count). The van der Waals surface area contributed by atoms with Gasteiger partial charge in [0.05, 0.1) is 25.0 Å². The third-order valence-corrected chi connectivity index (χ3v) is 14.1. The fourth-order valence-electron chi connectivity index (χ4n) is 9.16. The first-order valence-electron chi connectivity index (χ1n) is 30.1. The average molecular weight is 1230 g/mol. The molecule has 87 heavy (non-hydrogen) atoms. The summed E-state index contributed by atoms with van der Waals surface area (Å²) >= 11 is 0. The van der Waals surface area contributed by atoms with Gasteiger partial charge < -0.3 is 114 Å². The lowest BCUT2D eigenvalue weighted by Crippen LogP contribution is -2.61. The zero-order chi connectivity index (χ0) is 64.7. The molecule has 1 saturated heterocycles. The van der Waals surface area contributed by atoms with E-state index in [1.165, 1.54) is 23.5 Å². The van der Waals surface area contributed by atoms with E-state index in [1.54, 1.807) is 6.92 Å². The lowest BCUT2D eigenvalue weighted by molar-refractivity contribution is -0.142. The maximum atomic E-state index is 14.5. The molecule has 10 amide bonds. The van der Waals surface area contributed by atoms with Crippen molar-refractivity contribution in [2.24, 2.45) is 56.6 Å². The molecular formula is C54H100N22O11. The van der Waals surface area contributed by atoms with Gasteiger partial charge in [0.1, 0.15) is 48.0 Å². The van der Waals surface area contributed by atoms with Crippen molar-refractivity contribution in [2.75, 3.05) is 65.4 Å². The molecule has 1 fully saturated rings. The minimum Gasteiger partial charge on any atom is -0.389 e.